The minimum Gasteiger partial charge on any atom is -0.471 e. The van der Waals surface area contributed by atoms with Crippen molar-refractivity contribution in [2.75, 3.05) is 20.3 Å². The fourth-order valence-corrected chi connectivity index (χ4v) is 1.63. The SMILES string of the molecule is CCC1=CC(C)OC(N(N)CCCOC)=C1. The number of allylic oxidation sites excluding steroid dienone is 2. The third kappa shape index (κ3) is 3.87. The molecule has 0 fully saturated rings. The van der Waals surface area contributed by atoms with E-state index in [4.69, 9.17) is 15.3 Å². The summed E-state index contributed by atoms with van der Waals surface area (Å²) in [4.78, 5) is 0. The maximum Gasteiger partial charge on any atom is 0.204 e. The van der Waals surface area contributed by atoms with E-state index in [9.17, 15) is 0 Å². The molecule has 92 valence electrons. The maximum atomic E-state index is 5.93. The van der Waals surface area contributed by atoms with E-state index in [1.165, 1.54) is 5.57 Å². The highest BCUT2D eigenvalue weighted by Crippen LogP contribution is 2.19. The Morgan fingerprint density at radius 2 is 2.31 bits per heavy atom. The van der Waals surface area contributed by atoms with Crippen LogP contribution < -0.4 is 5.84 Å². The molecule has 16 heavy (non-hydrogen) atoms. The summed E-state index contributed by atoms with van der Waals surface area (Å²) in [6.07, 6.45) is 6.12. The number of ether oxygens (including phenoxy) is 2. The molecule has 0 aromatic rings. The second kappa shape index (κ2) is 6.55. The van der Waals surface area contributed by atoms with E-state index in [2.05, 4.69) is 13.0 Å². The molecule has 1 atom stereocenters. The van der Waals surface area contributed by atoms with Gasteiger partial charge < -0.3 is 9.47 Å². The van der Waals surface area contributed by atoms with Gasteiger partial charge in [-0.3, -0.25) is 5.01 Å². The first-order chi connectivity index (χ1) is 7.67. The fourth-order valence-electron chi connectivity index (χ4n) is 1.63. The highest BCUT2D eigenvalue weighted by molar-refractivity contribution is 5.24. The molecule has 1 aliphatic heterocycles. The zero-order valence-electron chi connectivity index (χ0n) is 10.4. The molecule has 1 rings (SSSR count). The van der Waals surface area contributed by atoms with Crippen LogP contribution in [0.2, 0.25) is 0 Å². The molecule has 0 bridgehead atoms. The second-order valence-electron chi connectivity index (χ2n) is 3.94. The summed E-state index contributed by atoms with van der Waals surface area (Å²) < 4.78 is 10.6. The van der Waals surface area contributed by atoms with E-state index in [-0.39, 0.29) is 6.10 Å². The Labute approximate surface area is 97.7 Å². The Balaban J connectivity index is 2.51. The second-order valence-corrected chi connectivity index (χ2v) is 3.94. The van der Waals surface area contributed by atoms with Gasteiger partial charge in [0, 0.05) is 26.3 Å². The van der Waals surface area contributed by atoms with E-state index in [0.29, 0.717) is 6.61 Å². The topological polar surface area (TPSA) is 47.7 Å². The summed E-state index contributed by atoms with van der Waals surface area (Å²) >= 11 is 0. The van der Waals surface area contributed by atoms with Crippen molar-refractivity contribution >= 4 is 0 Å². The molecule has 4 nitrogen and oxygen atoms in total. The summed E-state index contributed by atoms with van der Waals surface area (Å²) in [5.41, 5.74) is 1.27. The van der Waals surface area contributed by atoms with Crippen LogP contribution in [0.5, 0.6) is 0 Å². The molecular weight excluding hydrogens is 204 g/mol. The number of hydrogen-bond donors (Lipinski definition) is 1. The van der Waals surface area contributed by atoms with E-state index >= 15 is 0 Å². The molecular formula is C12H22N2O2. The monoisotopic (exact) mass is 226 g/mol. The van der Waals surface area contributed by atoms with Gasteiger partial charge >= 0.3 is 0 Å². The molecule has 0 aliphatic carbocycles. The van der Waals surface area contributed by atoms with Crippen LogP contribution in [0, 0.1) is 0 Å². The largest absolute Gasteiger partial charge is 0.471 e. The van der Waals surface area contributed by atoms with E-state index in [0.717, 1.165) is 25.3 Å². The van der Waals surface area contributed by atoms with Crippen LogP contribution in [0.3, 0.4) is 0 Å². The van der Waals surface area contributed by atoms with Gasteiger partial charge in [-0.05, 0) is 31.4 Å². The average Bonchev–Trinajstić information content (AvgIpc) is 2.28. The molecule has 1 unspecified atom stereocenters. The minimum absolute atomic E-state index is 0.100. The lowest BCUT2D eigenvalue weighted by Crippen LogP contribution is -2.35. The van der Waals surface area contributed by atoms with Gasteiger partial charge in [-0.1, -0.05) is 6.92 Å². The van der Waals surface area contributed by atoms with E-state index in [1.54, 1.807) is 12.1 Å². The molecule has 0 saturated carbocycles. The van der Waals surface area contributed by atoms with Gasteiger partial charge in [-0.25, -0.2) is 5.84 Å². The van der Waals surface area contributed by atoms with E-state index < -0.39 is 0 Å². The molecule has 4 heteroatoms. The predicted molar refractivity (Wildman–Crippen MR) is 64.4 cm³/mol. The smallest absolute Gasteiger partial charge is 0.204 e. The predicted octanol–water partition coefficient (Wildman–Crippen LogP) is 1.80. The number of hydrogen-bond acceptors (Lipinski definition) is 4. The Kier molecular flexibility index (Phi) is 5.35. The summed E-state index contributed by atoms with van der Waals surface area (Å²) in [5, 5.41) is 1.65. The molecule has 0 aromatic heterocycles. The fraction of sp³-hybridized carbons (Fsp3) is 0.667. The summed E-state index contributed by atoms with van der Waals surface area (Å²) in [6, 6.07) is 0. The zero-order chi connectivity index (χ0) is 12.0. The molecule has 2 N–H and O–H groups in total. The van der Waals surface area contributed by atoms with Crippen LogP contribution in [0.15, 0.2) is 23.6 Å². The van der Waals surface area contributed by atoms with Crippen molar-refractivity contribution in [1.82, 2.24) is 5.01 Å². The minimum atomic E-state index is 0.100. The first-order valence-corrected chi connectivity index (χ1v) is 5.77. The number of hydrazine groups is 1. The summed E-state index contributed by atoms with van der Waals surface area (Å²) in [6.45, 7) is 5.60. The lowest BCUT2D eigenvalue weighted by atomic mass is 10.1. The summed E-state index contributed by atoms with van der Waals surface area (Å²) in [7, 11) is 1.69. The van der Waals surface area contributed by atoms with Crippen LogP contribution in [0.1, 0.15) is 26.7 Å². The van der Waals surface area contributed by atoms with E-state index in [1.807, 2.05) is 13.0 Å². The third-order valence-electron chi connectivity index (χ3n) is 2.50. The van der Waals surface area contributed by atoms with Gasteiger partial charge in [0.25, 0.3) is 0 Å². The highest BCUT2D eigenvalue weighted by atomic mass is 16.5. The van der Waals surface area contributed by atoms with Gasteiger partial charge in [0.2, 0.25) is 5.88 Å². The van der Waals surface area contributed by atoms with Crippen LogP contribution in [0.25, 0.3) is 0 Å². The Bertz CT molecular complexity index is 274. The van der Waals surface area contributed by atoms with Crippen LogP contribution in [0.4, 0.5) is 0 Å². The summed E-state index contributed by atoms with van der Waals surface area (Å²) in [5.74, 6) is 6.68. The van der Waals surface area contributed by atoms with Gasteiger partial charge in [0.15, 0.2) is 0 Å². The number of rotatable bonds is 6. The van der Waals surface area contributed by atoms with Crippen molar-refractivity contribution in [3.05, 3.63) is 23.6 Å². The average molecular weight is 226 g/mol. The normalized spacial score (nSPS) is 19.9. The number of methoxy groups -OCH3 is 1. The molecule has 0 spiro atoms. The van der Waals surface area contributed by atoms with Crippen molar-refractivity contribution in [2.24, 2.45) is 5.84 Å². The standard InChI is InChI=1S/C12H22N2O2/c1-4-11-8-10(2)16-12(9-11)14(13)6-5-7-15-3/h8-10H,4-7,13H2,1-3H3. The quantitative estimate of drug-likeness (QED) is 0.426. The Morgan fingerprint density at radius 1 is 1.56 bits per heavy atom. The highest BCUT2D eigenvalue weighted by Gasteiger charge is 2.15. The Morgan fingerprint density at radius 3 is 2.94 bits per heavy atom. The number of nitrogens with two attached hydrogens (primary N) is 1. The van der Waals surface area contributed by atoms with Gasteiger partial charge in [-0.2, -0.15) is 0 Å². The van der Waals surface area contributed by atoms with Crippen molar-refractivity contribution < 1.29 is 9.47 Å². The number of nitrogens with zero attached hydrogens (tertiary/aromatic N) is 1. The van der Waals surface area contributed by atoms with Gasteiger partial charge in [-0.15, -0.1) is 0 Å². The molecule has 1 heterocycles. The molecule has 1 aliphatic rings. The molecule has 0 aromatic carbocycles. The Hall–Kier alpha value is -1.00. The molecule has 0 amide bonds. The van der Waals surface area contributed by atoms with Crippen molar-refractivity contribution in [1.29, 1.82) is 0 Å². The first kappa shape index (κ1) is 13.1. The van der Waals surface area contributed by atoms with Crippen molar-refractivity contribution in [3.63, 3.8) is 0 Å². The van der Waals surface area contributed by atoms with Crippen molar-refractivity contribution in [2.45, 2.75) is 32.8 Å². The maximum absolute atomic E-state index is 5.93. The van der Waals surface area contributed by atoms with Gasteiger partial charge in [0.05, 0.1) is 0 Å². The van der Waals surface area contributed by atoms with Crippen LogP contribution in [-0.2, 0) is 9.47 Å². The molecule has 0 radical (unpaired) electrons. The lowest BCUT2D eigenvalue weighted by molar-refractivity contribution is 0.0742. The third-order valence-corrected chi connectivity index (χ3v) is 2.50. The zero-order valence-corrected chi connectivity index (χ0v) is 10.4. The van der Waals surface area contributed by atoms with Crippen LogP contribution >= 0.6 is 0 Å². The van der Waals surface area contributed by atoms with Gasteiger partial charge in [0.1, 0.15) is 6.10 Å². The van der Waals surface area contributed by atoms with Crippen molar-refractivity contribution in [3.8, 4) is 0 Å². The van der Waals surface area contributed by atoms with Crippen LogP contribution in [-0.4, -0.2) is 31.4 Å². The first-order valence-electron chi connectivity index (χ1n) is 5.77. The lowest BCUT2D eigenvalue weighted by Gasteiger charge is -2.27. The molecule has 0 saturated heterocycles.